The average Bonchev–Trinajstić information content (AvgIpc) is 3.63. The molecule has 11 aromatic rings. The van der Waals surface area contributed by atoms with Gasteiger partial charge in [-0.25, -0.2) is 0 Å². The number of rotatable bonds is 4. The smallest absolute Gasteiger partial charge is 0.240 e. The van der Waals surface area contributed by atoms with E-state index in [9.17, 15) is 0 Å². The number of aromatic nitrogens is 5. The van der Waals surface area contributed by atoms with E-state index in [1.807, 2.05) is 18.2 Å². The van der Waals surface area contributed by atoms with Crippen LogP contribution < -0.4 is 0 Å². The Bertz CT molecular complexity index is 3310. The first-order chi connectivity index (χ1) is 27.8. The fourth-order valence-electron chi connectivity index (χ4n) is 8.31. The zero-order valence-corrected chi connectivity index (χ0v) is 30.3. The molecular weight excluding hydrogens is 683 g/mol. The number of nitrogens with zero attached hydrogens (tertiary/aromatic N) is 5. The van der Waals surface area contributed by atoms with Crippen LogP contribution in [0.2, 0.25) is 0 Å². The zero-order chi connectivity index (χ0) is 37.0. The summed E-state index contributed by atoms with van der Waals surface area (Å²) in [5.41, 5.74) is 7.27. The van der Waals surface area contributed by atoms with Crippen molar-refractivity contribution in [2.45, 2.75) is 0 Å². The van der Waals surface area contributed by atoms with E-state index in [2.05, 4.69) is 191 Å². The van der Waals surface area contributed by atoms with Crippen molar-refractivity contribution >= 4 is 65.2 Å². The van der Waals surface area contributed by atoms with Gasteiger partial charge in [-0.3, -0.25) is 9.13 Å². The Hall–Kier alpha value is -7.63. The molecule has 5 nitrogen and oxygen atoms in total. The molecule has 0 aliphatic carbocycles. The molecule has 5 heteroatoms. The Balaban J connectivity index is 1.34. The SMILES string of the molecule is c1ccc(-c2ccc3c(c2)c2ccccc2c2ccccc2n(-c2nc(-c4ccccc4)nc(-n4c5ccccc5c5ccccc54)n2)c2ccccc32)cc1. The van der Waals surface area contributed by atoms with Gasteiger partial charge >= 0.3 is 0 Å². The highest BCUT2D eigenvalue weighted by atomic mass is 15.3. The summed E-state index contributed by atoms with van der Waals surface area (Å²) >= 11 is 0. The average molecular weight is 716 g/mol. The molecule has 3 aromatic heterocycles. The van der Waals surface area contributed by atoms with Gasteiger partial charge < -0.3 is 0 Å². The summed E-state index contributed by atoms with van der Waals surface area (Å²) < 4.78 is 4.40. The minimum absolute atomic E-state index is 0.525. The van der Waals surface area contributed by atoms with Gasteiger partial charge in [0.2, 0.25) is 11.9 Å². The summed E-state index contributed by atoms with van der Waals surface area (Å²) in [4.78, 5) is 16.1. The predicted octanol–water partition coefficient (Wildman–Crippen LogP) is 12.8. The molecule has 56 heavy (non-hydrogen) atoms. The van der Waals surface area contributed by atoms with Gasteiger partial charge in [-0.05, 0) is 63.0 Å². The second-order valence-electron chi connectivity index (χ2n) is 14.0. The molecule has 8 aromatic carbocycles. The van der Waals surface area contributed by atoms with Gasteiger partial charge in [0.05, 0.1) is 22.1 Å². The van der Waals surface area contributed by atoms with Crippen LogP contribution in [0, 0.1) is 0 Å². The molecule has 0 atom stereocenters. The summed E-state index contributed by atoms with van der Waals surface area (Å²) in [5.74, 6) is 1.67. The summed E-state index contributed by atoms with van der Waals surface area (Å²) in [7, 11) is 0. The number of hydrogen-bond acceptors (Lipinski definition) is 3. The summed E-state index contributed by atoms with van der Waals surface area (Å²) in [6.45, 7) is 0. The molecule has 0 saturated heterocycles. The van der Waals surface area contributed by atoms with Gasteiger partial charge in [0.25, 0.3) is 0 Å². The summed E-state index contributed by atoms with van der Waals surface area (Å²) in [5, 5.41) is 9.04. The Labute approximate surface area is 322 Å². The topological polar surface area (TPSA) is 48.5 Å². The summed E-state index contributed by atoms with van der Waals surface area (Å²) in [6, 6.07) is 70.6. The van der Waals surface area contributed by atoms with Crippen LogP contribution in [-0.2, 0) is 0 Å². The third-order valence-corrected chi connectivity index (χ3v) is 10.8. The van der Waals surface area contributed by atoms with Crippen molar-refractivity contribution in [2.24, 2.45) is 0 Å². The lowest BCUT2D eigenvalue weighted by Crippen LogP contribution is -2.11. The number of para-hydroxylation sites is 4. The first-order valence-corrected chi connectivity index (χ1v) is 18.9. The monoisotopic (exact) mass is 715 g/mol. The van der Waals surface area contributed by atoms with Crippen molar-refractivity contribution in [3.05, 3.63) is 200 Å². The highest BCUT2D eigenvalue weighted by molar-refractivity contribution is 6.20. The maximum Gasteiger partial charge on any atom is 0.240 e. The van der Waals surface area contributed by atoms with E-state index in [-0.39, 0.29) is 0 Å². The Morgan fingerprint density at radius 1 is 0.250 bits per heavy atom. The van der Waals surface area contributed by atoms with E-state index in [0.29, 0.717) is 17.7 Å². The van der Waals surface area contributed by atoms with Gasteiger partial charge in [-0.2, -0.15) is 15.0 Å². The zero-order valence-electron chi connectivity index (χ0n) is 30.3. The quantitative estimate of drug-likeness (QED) is 0.182. The van der Waals surface area contributed by atoms with Crippen molar-refractivity contribution < 1.29 is 0 Å². The second kappa shape index (κ2) is 13.0. The van der Waals surface area contributed by atoms with Gasteiger partial charge in [0.15, 0.2) is 5.82 Å². The van der Waals surface area contributed by atoms with E-state index in [0.717, 1.165) is 70.7 Å². The lowest BCUT2D eigenvalue weighted by molar-refractivity contribution is 0.891. The van der Waals surface area contributed by atoms with Gasteiger partial charge in [-0.15, -0.1) is 0 Å². The fourth-order valence-corrected chi connectivity index (χ4v) is 8.31. The van der Waals surface area contributed by atoms with Crippen LogP contribution in [0.4, 0.5) is 0 Å². The van der Waals surface area contributed by atoms with E-state index in [1.54, 1.807) is 0 Å². The number of hydrogen-bond donors (Lipinski definition) is 0. The Morgan fingerprint density at radius 3 is 1.09 bits per heavy atom. The number of benzene rings is 8. The van der Waals surface area contributed by atoms with Crippen LogP contribution in [0.5, 0.6) is 0 Å². The molecule has 0 aliphatic heterocycles. The third kappa shape index (κ3) is 5.13. The van der Waals surface area contributed by atoms with Gasteiger partial charge in [-0.1, -0.05) is 170 Å². The fraction of sp³-hybridized carbons (Fsp3) is 0. The normalized spacial score (nSPS) is 11.6. The molecule has 3 heterocycles. The first-order valence-electron chi connectivity index (χ1n) is 18.9. The molecule has 0 spiro atoms. The minimum Gasteiger partial charge on any atom is -0.278 e. The van der Waals surface area contributed by atoms with Crippen LogP contribution in [0.3, 0.4) is 0 Å². The van der Waals surface area contributed by atoms with Crippen LogP contribution in [0.25, 0.3) is 99.6 Å². The van der Waals surface area contributed by atoms with Crippen molar-refractivity contribution in [1.82, 2.24) is 24.1 Å². The minimum atomic E-state index is 0.525. The molecule has 0 aliphatic rings. The highest BCUT2D eigenvalue weighted by Crippen LogP contribution is 2.37. The molecule has 0 unspecified atom stereocenters. The Kier molecular flexibility index (Phi) is 7.42. The van der Waals surface area contributed by atoms with Crippen LogP contribution in [0.1, 0.15) is 0 Å². The summed E-state index contributed by atoms with van der Waals surface area (Å²) in [6.07, 6.45) is 0. The van der Waals surface area contributed by atoms with Crippen molar-refractivity contribution in [2.75, 3.05) is 0 Å². The molecule has 0 radical (unpaired) electrons. The van der Waals surface area contributed by atoms with Crippen LogP contribution in [-0.4, -0.2) is 24.1 Å². The molecule has 0 saturated carbocycles. The van der Waals surface area contributed by atoms with Crippen molar-refractivity contribution in [3.63, 3.8) is 0 Å². The first kappa shape index (κ1) is 31.9. The van der Waals surface area contributed by atoms with E-state index in [1.165, 1.54) is 11.1 Å². The molecule has 11 rings (SSSR count). The Morgan fingerprint density at radius 2 is 0.607 bits per heavy atom. The molecule has 0 amide bonds. The van der Waals surface area contributed by atoms with Crippen LogP contribution >= 0.6 is 0 Å². The molecular formula is C51H33N5. The molecule has 262 valence electrons. The standard InChI is InChI=1S/C51H33N5/c1-3-17-34(18-4-1)36-31-32-39-41-24-10-14-28-46(41)55(45-27-13-9-23-40(45)37-21-7-8-22-38(37)44(39)33-36)50-52-49(35-19-5-2-6-20-35)53-51(54-50)56-47-29-15-11-25-42(47)43-26-12-16-30-48(43)56/h1-33H. The lowest BCUT2D eigenvalue weighted by atomic mass is 9.97. The van der Waals surface area contributed by atoms with E-state index in [4.69, 9.17) is 15.0 Å². The van der Waals surface area contributed by atoms with E-state index < -0.39 is 0 Å². The molecule has 0 bridgehead atoms. The van der Waals surface area contributed by atoms with E-state index >= 15 is 0 Å². The van der Waals surface area contributed by atoms with Gasteiger partial charge in [0, 0.05) is 27.1 Å². The van der Waals surface area contributed by atoms with Crippen LogP contribution in [0.15, 0.2) is 200 Å². The largest absolute Gasteiger partial charge is 0.278 e. The number of fused-ring (bicyclic) bond motifs is 10. The maximum atomic E-state index is 5.46. The van der Waals surface area contributed by atoms with Gasteiger partial charge in [0.1, 0.15) is 0 Å². The second-order valence-corrected chi connectivity index (χ2v) is 14.0. The highest BCUT2D eigenvalue weighted by Gasteiger charge is 2.19. The van der Waals surface area contributed by atoms with Crippen molar-refractivity contribution in [3.8, 4) is 34.4 Å². The maximum absolute atomic E-state index is 5.46. The third-order valence-electron chi connectivity index (χ3n) is 10.8. The molecule has 0 N–H and O–H groups in total. The predicted molar refractivity (Wildman–Crippen MR) is 232 cm³/mol. The van der Waals surface area contributed by atoms with Crippen molar-refractivity contribution in [1.29, 1.82) is 0 Å². The lowest BCUT2D eigenvalue weighted by Gasteiger charge is -2.15. The molecule has 0 fully saturated rings.